The van der Waals surface area contributed by atoms with Gasteiger partial charge >= 0.3 is 0 Å². The molecule has 0 radical (unpaired) electrons. The number of benzene rings is 1. The summed E-state index contributed by atoms with van der Waals surface area (Å²) >= 11 is 0. The number of Topliss-reactive ketones (excluding diaryl/α,β-unsaturated/α-hetero) is 1. The van der Waals surface area contributed by atoms with E-state index in [0.29, 0.717) is 17.3 Å². The number of nitrogens with zero attached hydrogens (tertiary/aromatic N) is 1. The molecule has 0 aromatic heterocycles. The smallest absolute Gasteiger partial charge is 0.133 e. The van der Waals surface area contributed by atoms with Crippen molar-refractivity contribution in [3.63, 3.8) is 0 Å². The highest BCUT2D eigenvalue weighted by Crippen LogP contribution is 2.25. The van der Waals surface area contributed by atoms with Gasteiger partial charge in [-0.3, -0.25) is 4.79 Å². The molecule has 82 valence electrons. The van der Waals surface area contributed by atoms with E-state index in [9.17, 15) is 4.79 Å². The fourth-order valence-corrected chi connectivity index (χ4v) is 2.39. The Bertz CT molecular complexity index is 431. The van der Waals surface area contributed by atoms with E-state index in [2.05, 4.69) is 6.07 Å². The highest BCUT2D eigenvalue weighted by atomic mass is 16.1. The van der Waals surface area contributed by atoms with Crippen molar-refractivity contribution in [2.45, 2.75) is 32.1 Å². The van der Waals surface area contributed by atoms with E-state index in [4.69, 9.17) is 5.26 Å². The minimum atomic E-state index is 0.396. The SMILES string of the molecule is N#Cc1cccc(C[C@H]2CCCC(=O)C2)c1. The molecule has 0 saturated heterocycles. The Morgan fingerprint density at radius 1 is 1.44 bits per heavy atom. The zero-order valence-corrected chi connectivity index (χ0v) is 9.28. The van der Waals surface area contributed by atoms with Crippen molar-refractivity contribution in [1.82, 2.24) is 0 Å². The van der Waals surface area contributed by atoms with Crippen molar-refractivity contribution in [2.24, 2.45) is 5.92 Å². The summed E-state index contributed by atoms with van der Waals surface area (Å²) in [4.78, 5) is 11.3. The first kappa shape index (κ1) is 10.9. The van der Waals surface area contributed by atoms with E-state index in [-0.39, 0.29) is 0 Å². The second kappa shape index (κ2) is 4.94. The van der Waals surface area contributed by atoms with Crippen LogP contribution in [0.1, 0.15) is 36.8 Å². The molecule has 2 rings (SSSR count). The number of carbonyl (C=O) groups excluding carboxylic acids is 1. The molecule has 16 heavy (non-hydrogen) atoms. The minimum absolute atomic E-state index is 0.396. The molecule has 0 spiro atoms. The van der Waals surface area contributed by atoms with Gasteiger partial charge in [-0.2, -0.15) is 5.26 Å². The van der Waals surface area contributed by atoms with Crippen LogP contribution in [0.2, 0.25) is 0 Å². The number of nitriles is 1. The standard InChI is InChI=1S/C14H15NO/c15-10-13-5-1-3-11(8-13)7-12-4-2-6-14(16)9-12/h1,3,5,8,12H,2,4,6-7,9H2/t12-/m1/s1. The van der Waals surface area contributed by atoms with Crippen LogP contribution in [0.4, 0.5) is 0 Å². The second-order valence-electron chi connectivity index (χ2n) is 4.52. The summed E-state index contributed by atoms with van der Waals surface area (Å²) in [6.07, 6.45) is 4.58. The Kier molecular flexibility index (Phi) is 3.36. The lowest BCUT2D eigenvalue weighted by molar-refractivity contribution is -0.121. The summed E-state index contributed by atoms with van der Waals surface area (Å²) < 4.78 is 0. The molecule has 0 amide bonds. The van der Waals surface area contributed by atoms with E-state index < -0.39 is 0 Å². The molecule has 1 aromatic rings. The zero-order chi connectivity index (χ0) is 11.4. The third-order valence-electron chi connectivity index (χ3n) is 3.16. The van der Waals surface area contributed by atoms with Crippen LogP contribution in [0.3, 0.4) is 0 Å². The van der Waals surface area contributed by atoms with Gasteiger partial charge in [0.25, 0.3) is 0 Å². The van der Waals surface area contributed by atoms with E-state index in [0.717, 1.165) is 32.1 Å². The van der Waals surface area contributed by atoms with Gasteiger partial charge in [0.05, 0.1) is 11.6 Å². The maximum absolute atomic E-state index is 11.3. The van der Waals surface area contributed by atoms with Crippen LogP contribution in [0.5, 0.6) is 0 Å². The normalized spacial score (nSPS) is 20.4. The third-order valence-corrected chi connectivity index (χ3v) is 3.16. The Labute approximate surface area is 95.9 Å². The first-order chi connectivity index (χ1) is 7.78. The molecule has 1 aliphatic rings. The molecule has 1 aliphatic carbocycles. The summed E-state index contributed by atoms with van der Waals surface area (Å²) in [7, 11) is 0. The monoisotopic (exact) mass is 213 g/mol. The largest absolute Gasteiger partial charge is 0.300 e. The Morgan fingerprint density at radius 3 is 3.06 bits per heavy atom. The molecule has 0 aliphatic heterocycles. The molecule has 0 bridgehead atoms. The fraction of sp³-hybridized carbons (Fsp3) is 0.429. The molecular weight excluding hydrogens is 198 g/mol. The number of rotatable bonds is 2. The molecule has 1 atom stereocenters. The van der Waals surface area contributed by atoms with E-state index in [1.54, 1.807) is 0 Å². The summed E-state index contributed by atoms with van der Waals surface area (Å²) in [5.74, 6) is 0.878. The zero-order valence-electron chi connectivity index (χ0n) is 9.28. The quantitative estimate of drug-likeness (QED) is 0.758. The lowest BCUT2D eigenvalue weighted by atomic mass is 9.84. The van der Waals surface area contributed by atoms with Gasteiger partial charge in [0, 0.05) is 12.8 Å². The molecule has 1 aromatic carbocycles. The van der Waals surface area contributed by atoms with E-state index >= 15 is 0 Å². The van der Waals surface area contributed by atoms with Crippen LogP contribution in [-0.2, 0) is 11.2 Å². The maximum atomic E-state index is 11.3. The second-order valence-corrected chi connectivity index (χ2v) is 4.52. The minimum Gasteiger partial charge on any atom is -0.300 e. The third kappa shape index (κ3) is 2.70. The highest BCUT2D eigenvalue weighted by molar-refractivity contribution is 5.79. The van der Waals surface area contributed by atoms with Crippen molar-refractivity contribution in [3.05, 3.63) is 35.4 Å². The molecule has 0 N–H and O–H groups in total. The van der Waals surface area contributed by atoms with E-state index in [1.165, 1.54) is 5.56 Å². The van der Waals surface area contributed by atoms with Crippen molar-refractivity contribution in [1.29, 1.82) is 5.26 Å². The number of ketones is 1. The molecule has 0 heterocycles. The van der Waals surface area contributed by atoms with Crippen LogP contribution < -0.4 is 0 Å². The van der Waals surface area contributed by atoms with Gasteiger partial charge in [-0.15, -0.1) is 0 Å². The summed E-state index contributed by atoms with van der Waals surface area (Å²) in [6, 6.07) is 9.85. The van der Waals surface area contributed by atoms with Gasteiger partial charge in [-0.1, -0.05) is 12.1 Å². The Hall–Kier alpha value is -1.62. The van der Waals surface area contributed by atoms with Gasteiger partial charge in [0.2, 0.25) is 0 Å². The molecule has 2 nitrogen and oxygen atoms in total. The Morgan fingerprint density at radius 2 is 2.31 bits per heavy atom. The highest BCUT2D eigenvalue weighted by Gasteiger charge is 2.19. The Balaban J connectivity index is 2.03. The lowest BCUT2D eigenvalue weighted by Gasteiger charge is -2.20. The molecule has 1 saturated carbocycles. The molecule has 0 unspecified atom stereocenters. The van der Waals surface area contributed by atoms with Crippen LogP contribution in [0.25, 0.3) is 0 Å². The molecule has 1 fully saturated rings. The summed E-state index contributed by atoms with van der Waals surface area (Å²) in [5, 5.41) is 8.81. The van der Waals surface area contributed by atoms with Gasteiger partial charge < -0.3 is 0 Å². The van der Waals surface area contributed by atoms with E-state index in [1.807, 2.05) is 24.3 Å². The topological polar surface area (TPSA) is 40.9 Å². The average Bonchev–Trinajstić information content (AvgIpc) is 2.29. The van der Waals surface area contributed by atoms with Gasteiger partial charge in [-0.05, 0) is 42.9 Å². The van der Waals surface area contributed by atoms with Crippen molar-refractivity contribution < 1.29 is 4.79 Å². The van der Waals surface area contributed by atoms with Gasteiger partial charge in [-0.25, -0.2) is 0 Å². The maximum Gasteiger partial charge on any atom is 0.133 e. The lowest BCUT2D eigenvalue weighted by Crippen LogP contribution is -2.16. The van der Waals surface area contributed by atoms with Crippen LogP contribution >= 0.6 is 0 Å². The summed E-state index contributed by atoms with van der Waals surface area (Å²) in [6.45, 7) is 0. The number of hydrogen-bond donors (Lipinski definition) is 0. The first-order valence-corrected chi connectivity index (χ1v) is 5.78. The van der Waals surface area contributed by atoms with Crippen LogP contribution in [0, 0.1) is 17.2 Å². The predicted molar refractivity (Wildman–Crippen MR) is 61.8 cm³/mol. The molecule has 2 heteroatoms. The average molecular weight is 213 g/mol. The molecular formula is C14H15NO. The fourth-order valence-electron chi connectivity index (χ4n) is 2.39. The van der Waals surface area contributed by atoms with Crippen molar-refractivity contribution in [2.75, 3.05) is 0 Å². The number of carbonyl (C=O) groups is 1. The van der Waals surface area contributed by atoms with Gasteiger partial charge in [0.1, 0.15) is 5.78 Å². The van der Waals surface area contributed by atoms with Crippen LogP contribution in [-0.4, -0.2) is 5.78 Å². The van der Waals surface area contributed by atoms with Crippen LogP contribution in [0.15, 0.2) is 24.3 Å². The predicted octanol–water partition coefficient (Wildman–Crippen LogP) is 2.86. The van der Waals surface area contributed by atoms with Crippen molar-refractivity contribution >= 4 is 5.78 Å². The first-order valence-electron chi connectivity index (χ1n) is 5.78. The summed E-state index contributed by atoms with van der Waals surface area (Å²) in [5.41, 5.74) is 1.89. The van der Waals surface area contributed by atoms with Gasteiger partial charge in [0.15, 0.2) is 0 Å². The number of hydrogen-bond acceptors (Lipinski definition) is 2. The van der Waals surface area contributed by atoms with Crippen molar-refractivity contribution in [3.8, 4) is 6.07 Å².